The van der Waals surface area contributed by atoms with E-state index in [0.29, 0.717) is 10.8 Å². The van der Waals surface area contributed by atoms with Gasteiger partial charge in [0.05, 0.1) is 5.02 Å². The molecule has 1 aromatic carbocycles. The third-order valence-corrected chi connectivity index (χ3v) is 3.57. The summed E-state index contributed by atoms with van der Waals surface area (Å²) in [6, 6.07) is 3.75. The maximum Gasteiger partial charge on any atom is 0.344 e. The maximum atomic E-state index is 11.5. The minimum atomic E-state index is -0.612. The van der Waals surface area contributed by atoms with Gasteiger partial charge < -0.3 is 14.8 Å². The van der Waals surface area contributed by atoms with E-state index in [1.54, 1.807) is 6.07 Å². The maximum absolute atomic E-state index is 11.5. The Balaban J connectivity index is 1.77. The summed E-state index contributed by atoms with van der Waals surface area (Å²) in [6.07, 6.45) is 1.98. The van der Waals surface area contributed by atoms with Crippen LogP contribution in [-0.4, -0.2) is 31.1 Å². The van der Waals surface area contributed by atoms with Crippen LogP contribution < -0.4 is 10.1 Å². The molecular formula is C14H15BrClNO4. The van der Waals surface area contributed by atoms with E-state index in [4.69, 9.17) is 21.1 Å². The number of ether oxygens (including phenoxy) is 2. The van der Waals surface area contributed by atoms with E-state index in [2.05, 4.69) is 21.2 Å². The highest BCUT2D eigenvalue weighted by molar-refractivity contribution is 9.10. The van der Waals surface area contributed by atoms with Gasteiger partial charge in [0, 0.05) is 10.5 Å². The molecule has 1 N–H and O–H groups in total. The van der Waals surface area contributed by atoms with Crippen molar-refractivity contribution in [3.8, 4) is 5.75 Å². The summed E-state index contributed by atoms with van der Waals surface area (Å²) in [4.78, 5) is 22.9. The molecular weight excluding hydrogens is 362 g/mol. The van der Waals surface area contributed by atoms with Crippen LogP contribution in [0.4, 0.5) is 0 Å². The van der Waals surface area contributed by atoms with Gasteiger partial charge >= 0.3 is 5.97 Å². The molecule has 0 aromatic heterocycles. The molecule has 0 atom stereocenters. The molecule has 1 aromatic rings. The summed E-state index contributed by atoms with van der Waals surface area (Å²) >= 11 is 9.36. The molecule has 0 heterocycles. The van der Waals surface area contributed by atoms with Gasteiger partial charge in [-0.3, -0.25) is 4.79 Å². The van der Waals surface area contributed by atoms with Crippen molar-refractivity contribution in [2.45, 2.75) is 25.8 Å². The Morgan fingerprint density at radius 2 is 2.10 bits per heavy atom. The average Bonchev–Trinajstić information content (AvgIpc) is 3.19. The lowest BCUT2D eigenvalue weighted by atomic mass is 10.2. The van der Waals surface area contributed by atoms with Gasteiger partial charge in [-0.25, -0.2) is 4.79 Å². The molecule has 0 aliphatic heterocycles. The molecule has 7 heteroatoms. The molecule has 0 unspecified atom stereocenters. The van der Waals surface area contributed by atoms with Crippen LogP contribution in [0, 0.1) is 6.92 Å². The summed E-state index contributed by atoms with van der Waals surface area (Å²) in [5, 5.41) is 3.13. The molecule has 0 saturated heterocycles. The Kier molecular flexibility index (Phi) is 5.47. The second-order valence-corrected chi connectivity index (χ2v) is 6.15. The van der Waals surface area contributed by atoms with Crippen LogP contribution in [0.25, 0.3) is 0 Å². The number of amides is 1. The monoisotopic (exact) mass is 375 g/mol. The molecule has 2 rings (SSSR count). The molecule has 1 fully saturated rings. The SMILES string of the molecule is Cc1cc(Br)cc(Cl)c1OCC(=O)OCC(=O)NC1CC1. The summed E-state index contributed by atoms with van der Waals surface area (Å²) in [7, 11) is 0. The third kappa shape index (κ3) is 5.21. The number of nitrogens with one attached hydrogen (secondary N) is 1. The smallest absolute Gasteiger partial charge is 0.344 e. The molecule has 1 aliphatic rings. The minimum Gasteiger partial charge on any atom is -0.480 e. The second-order valence-electron chi connectivity index (χ2n) is 4.82. The number of benzene rings is 1. The van der Waals surface area contributed by atoms with Gasteiger partial charge in [-0.05, 0) is 37.5 Å². The molecule has 0 spiro atoms. The summed E-state index contributed by atoms with van der Waals surface area (Å²) in [5.41, 5.74) is 0.800. The molecule has 21 heavy (non-hydrogen) atoms. The van der Waals surface area contributed by atoms with Crippen LogP contribution in [0.15, 0.2) is 16.6 Å². The number of hydrogen-bond acceptors (Lipinski definition) is 4. The first kappa shape index (κ1) is 16.1. The molecule has 0 radical (unpaired) electrons. The van der Waals surface area contributed by atoms with Gasteiger partial charge in [-0.15, -0.1) is 0 Å². The topological polar surface area (TPSA) is 64.6 Å². The summed E-state index contributed by atoms with van der Waals surface area (Å²) in [6.45, 7) is 1.24. The van der Waals surface area contributed by atoms with Crippen LogP contribution in [0.2, 0.25) is 5.02 Å². The normalized spacial score (nSPS) is 13.7. The van der Waals surface area contributed by atoms with Gasteiger partial charge in [0.1, 0.15) is 5.75 Å². The predicted octanol–water partition coefficient (Wildman–Crippen LogP) is 2.61. The van der Waals surface area contributed by atoms with Crippen LogP contribution in [0.5, 0.6) is 5.75 Å². The van der Waals surface area contributed by atoms with E-state index in [1.807, 2.05) is 13.0 Å². The summed E-state index contributed by atoms with van der Waals surface area (Å²) < 4.78 is 11.0. The Hall–Kier alpha value is -1.27. The zero-order valence-corrected chi connectivity index (χ0v) is 13.8. The number of halogens is 2. The van der Waals surface area contributed by atoms with Crippen molar-refractivity contribution in [2.24, 2.45) is 0 Å². The molecule has 5 nitrogen and oxygen atoms in total. The van der Waals surface area contributed by atoms with Crippen LogP contribution in [0.3, 0.4) is 0 Å². The number of esters is 1. The fraction of sp³-hybridized carbons (Fsp3) is 0.429. The fourth-order valence-corrected chi connectivity index (χ4v) is 2.71. The second kappa shape index (κ2) is 7.13. The number of rotatable bonds is 6. The van der Waals surface area contributed by atoms with Crippen molar-refractivity contribution in [1.82, 2.24) is 5.32 Å². The van der Waals surface area contributed by atoms with Crippen molar-refractivity contribution in [3.63, 3.8) is 0 Å². The lowest BCUT2D eigenvalue weighted by molar-refractivity contribution is -0.150. The lowest BCUT2D eigenvalue weighted by Gasteiger charge is -2.11. The van der Waals surface area contributed by atoms with Crippen LogP contribution in [-0.2, 0) is 14.3 Å². The average molecular weight is 377 g/mol. The summed E-state index contributed by atoms with van der Waals surface area (Å²) in [5.74, 6) is -0.470. The van der Waals surface area contributed by atoms with Gasteiger partial charge in [0.15, 0.2) is 13.2 Å². The Labute approximate surface area is 136 Å². The zero-order valence-electron chi connectivity index (χ0n) is 11.4. The molecule has 1 aliphatic carbocycles. The minimum absolute atomic E-state index is 0.247. The molecule has 114 valence electrons. The first-order valence-corrected chi connectivity index (χ1v) is 7.66. The van der Waals surface area contributed by atoms with Gasteiger partial charge in [-0.2, -0.15) is 0 Å². The van der Waals surface area contributed by atoms with Gasteiger partial charge in [0.2, 0.25) is 0 Å². The van der Waals surface area contributed by atoms with Crippen molar-refractivity contribution in [1.29, 1.82) is 0 Å². The molecule has 1 amide bonds. The van der Waals surface area contributed by atoms with E-state index in [-0.39, 0.29) is 25.2 Å². The van der Waals surface area contributed by atoms with E-state index < -0.39 is 5.97 Å². The number of hydrogen-bond donors (Lipinski definition) is 1. The van der Waals surface area contributed by atoms with Crippen molar-refractivity contribution in [3.05, 3.63) is 27.2 Å². The highest BCUT2D eigenvalue weighted by Gasteiger charge is 2.23. The van der Waals surface area contributed by atoms with Crippen molar-refractivity contribution < 1.29 is 19.1 Å². The van der Waals surface area contributed by atoms with Crippen molar-refractivity contribution >= 4 is 39.4 Å². The van der Waals surface area contributed by atoms with Gasteiger partial charge in [0.25, 0.3) is 5.91 Å². The molecule has 0 bridgehead atoms. The number of carbonyl (C=O) groups is 2. The lowest BCUT2D eigenvalue weighted by Crippen LogP contribution is -2.31. The Bertz CT molecular complexity index is 537. The van der Waals surface area contributed by atoms with E-state index in [0.717, 1.165) is 22.9 Å². The highest BCUT2D eigenvalue weighted by Crippen LogP contribution is 2.31. The van der Waals surface area contributed by atoms with Crippen LogP contribution in [0.1, 0.15) is 18.4 Å². The quantitative estimate of drug-likeness (QED) is 0.775. The highest BCUT2D eigenvalue weighted by atomic mass is 79.9. The first-order chi connectivity index (χ1) is 9.95. The number of aryl methyl sites for hydroxylation is 1. The predicted molar refractivity (Wildman–Crippen MR) is 81.5 cm³/mol. The Morgan fingerprint density at radius 1 is 1.38 bits per heavy atom. The first-order valence-electron chi connectivity index (χ1n) is 6.49. The third-order valence-electron chi connectivity index (χ3n) is 2.84. The molecule has 1 saturated carbocycles. The largest absolute Gasteiger partial charge is 0.480 e. The van der Waals surface area contributed by atoms with Gasteiger partial charge in [-0.1, -0.05) is 27.5 Å². The Morgan fingerprint density at radius 3 is 2.71 bits per heavy atom. The van der Waals surface area contributed by atoms with E-state index in [1.165, 1.54) is 0 Å². The van der Waals surface area contributed by atoms with Crippen LogP contribution >= 0.6 is 27.5 Å². The zero-order chi connectivity index (χ0) is 15.4. The number of carbonyl (C=O) groups excluding carboxylic acids is 2. The fourth-order valence-electron chi connectivity index (χ4n) is 1.69. The van der Waals surface area contributed by atoms with E-state index >= 15 is 0 Å². The van der Waals surface area contributed by atoms with E-state index in [9.17, 15) is 9.59 Å². The van der Waals surface area contributed by atoms with Crippen molar-refractivity contribution in [2.75, 3.05) is 13.2 Å². The standard InChI is InChI=1S/C14H15BrClNO4/c1-8-4-9(15)5-11(16)14(8)21-7-13(19)20-6-12(18)17-10-2-3-10/h4-5,10H,2-3,6-7H2,1H3,(H,17,18).